The van der Waals surface area contributed by atoms with Gasteiger partial charge in [-0.2, -0.15) is 0 Å². The summed E-state index contributed by atoms with van der Waals surface area (Å²) in [6.07, 6.45) is 1.47. The van der Waals surface area contributed by atoms with Gasteiger partial charge in [0.05, 0.1) is 6.61 Å². The normalized spacial score (nSPS) is 11.9. The molecule has 1 rings (SSSR count). The highest BCUT2D eigenvalue weighted by Crippen LogP contribution is 2.06. The molecular weight excluding hydrogens is 256 g/mol. The Morgan fingerprint density at radius 1 is 1.40 bits per heavy atom. The number of carbonyl (C=O) groups is 1. The van der Waals surface area contributed by atoms with Crippen molar-refractivity contribution in [2.45, 2.75) is 39.0 Å². The minimum absolute atomic E-state index is 0.0574. The van der Waals surface area contributed by atoms with Crippen molar-refractivity contribution >= 4 is 6.03 Å². The molecule has 0 fully saturated rings. The van der Waals surface area contributed by atoms with Crippen molar-refractivity contribution in [2.24, 2.45) is 0 Å². The quantitative estimate of drug-likeness (QED) is 0.680. The van der Waals surface area contributed by atoms with Crippen LogP contribution in [0.3, 0.4) is 0 Å². The number of ether oxygens (including phenoxy) is 1. The van der Waals surface area contributed by atoms with E-state index in [1.807, 2.05) is 31.2 Å². The van der Waals surface area contributed by atoms with Crippen LogP contribution in [-0.2, 0) is 17.9 Å². The van der Waals surface area contributed by atoms with Crippen molar-refractivity contribution < 1.29 is 14.6 Å². The van der Waals surface area contributed by atoms with Crippen molar-refractivity contribution in [2.75, 3.05) is 13.7 Å². The lowest BCUT2D eigenvalue weighted by molar-refractivity contribution is 0.185. The van der Waals surface area contributed by atoms with E-state index < -0.39 is 0 Å². The van der Waals surface area contributed by atoms with Gasteiger partial charge >= 0.3 is 6.03 Å². The highest BCUT2D eigenvalue weighted by atomic mass is 16.5. The fraction of sp³-hybridized carbons (Fsp3) is 0.533. The van der Waals surface area contributed by atoms with Crippen molar-refractivity contribution in [3.05, 3.63) is 35.4 Å². The smallest absolute Gasteiger partial charge is 0.315 e. The molecule has 20 heavy (non-hydrogen) atoms. The van der Waals surface area contributed by atoms with Crippen molar-refractivity contribution in [3.63, 3.8) is 0 Å². The van der Waals surface area contributed by atoms with Crippen LogP contribution in [-0.4, -0.2) is 30.9 Å². The van der Waals surface area contributed by atoms with E-state index in [-0.39, 0.29) is 18.7 Å². The summed E-state index contributed by atoms with van der Waals surface area (Å²) in [5.41, 5.74) is 2.13. The summed E-state index contributed by atoms with van der Waals surface area (Å²) in [5.74, 6) is 0. The standard InChI is InChI=1S/C15H24N2O3/c1-12(5-4-8-18)17-15(19)16-10-13-6-3-7-14(9-13)11-20-2/h3,6-7,9,12,18H,4-5,8,10-11H2,1-2H3,(H2,16,17,19). The van der Waals surface area contributed by atoms with Crippen LogP contribution in [0.25, 0.3) is 0 Å². The lowest BCUT2D eigenvalue weighted by Gasteiger charge is -2.14. The van der Waals surface area contributed by atoms with E-state index in [2.05, 4.69) is 10.6 Å². The van der Waals surface area contributed by atoms with Crippen LogP contribution in [0.15, 0.2) is 24.3 Å². The van der Waals surface area contributed by atoms with Crippen LogP contribution in [0, 0.1) is 0 Å². The SMILES string of the molecule is COCc1cccc(CNC(=O)NC(C)CCCO)c1. The van der Waals surface area contributed by atoms with Crippen LogP contribution in [0.4, 0.5) is 4.79 Å². The van der Waals surface area contributed by atoms with Gasteiger partial charge in [0.1, 0.15) is 0 Å². The first-order valence-electron chi connectivity index (χ1n) is 6.87. The summed E-state index contributed by atoms with van der Waals surface area (Å²) in [5, 5.41) is 14.4. The van der Waals surface area contributed by atoms with E-state index in [4.69, 9.17) is 9.84 Å². The minimum Gasteiger partial charge on any atom is -0.396 e. The lowest BCUT2D eigenvalue weighted by atomic mass is 10.1. The Hall–Kier alpha value is -1.59. The molecule has 0 saturated heterocycles. The van der Waals surface area contributed by atoms with E-state index in [9.17, 15) is 4.79 Å². The molecule has 0 aliphatic rings. The van der Waals surface area contributed by atoms with Crippen LogP contribution in [0.5, 0.6) is 0 Å². The number of methoxy groups -OCH3 is 1. The Morgan fingerprint density at radius 3 is 2.85 bits per heavy atom. The summed E-state index contributed by atoms with van der Waals surface area (Å²) in [4.78, 5) is 11.7. The number of benzene rings is 1. The number of hydrogen-bond donors (Lipinski definition) is 3. The third-order valence-electron chi connectivity index (χ3n) is 2.93. The number of amides is 2. The van der Waals surface area contributed by atoms with Gasteiger partial charge in [0.15, 0.2) is 0 Å². The monoisotopic (exact) mass is 280 g/mol. The van der Waals surface area contributed by atoms with Gasteiger partial charge in [0, 0.05) is 26.3 Å². The summed E-state index contributed by atoms with van der Waals surface area (Å²) in [6, 6.07) is 7.79. The third kappa shape index (κ3) is 6.54. The van der Waals surface area contributed by atoms with Gasteiger partial charge in [-0.05, 0) is 30.9 Å². The highest BCUT2D eigenvalue weighted by Gasteiger charge is 2.06. The topological polar surface area (TPSA) is 70.6 Å². The minimum atomic E-state index is -0.187. The number of nitrogens with one attached hydrogen (secondary N) is 2. The number of hydrogen-bond acceptors (Lipinski definition) is 3. The molecule has 1 aromatic rings. The first-order chi connectivity index (χ1) is 9.65. The molecule has 3 N–H and O–H groups in total. The van der Waals surface area contributed by atoms with E-state index in [1.165, 1.54) is 0 Å². The Labute approximate surface area is 120 Å². The average Bonchev–Trinajstić information content (AvgIpc) is 2.44. The number of urea groups is 1. The number of aliphatic hydroxyl groups excluding tert-OH is 1. The largest absolute Gasteiger partial charge is 0.396 e. The van der Waals surface area contributed by atoms with E-state index >= 15 is 0 Å². The van der Waals surface area contributed by atoms with Crippen molar-refractivity contribution in [1.82, 2.24) is 10.6 Å². The summed E-state index contributed by atoms with van der Waals surface area (Å²) in [7, 11) is 1.66. The highest BCUT2D eigenvalue weighted by molar-refractivity contribution is 5.74. The Kier molecular flexibility index (Phi) is 7.69. The lowest BCUT2D eigenvalue weighted by Crippen LogP contribution is -2.40. The molecule has 0 radical (unpaired) electrons. The summed E-state index contributed by atoms with van der Waals surface area (Å²) < 4.78 is 5.08. The van der Waals surface area contributed by atoms with Gasteiger partial charge < -0.3 is 20.5 Å². The third-order valence-corrected chi connectivity index (χ3v) is 2.93. The molecule has 0 aliphatic heterocycles. The second-order valence-corrected chi connectivity index (χ2v) is 4.85. The predicted octanol–water partition coefficient (Wildman–Crippen LogP) is 1.79. The Balaban J connectivity index is 2.35. The molecule has 1 unspecified atom stereocenters. The van der Waals surface area contributed by atoms with Crippen molar-refractivity contribution in [3.8, 4) is 0 Å². The number of rotatable bonds is 8. The first-order valence-corrected chi connectivity index (χ1v) is 6.87. The molecule has 1 atom stereocenters. The molecule has 5 heteroatoms. The maximum absolute atomic E-state index is 11.7. The second-order valence-electron chi connectivity index (χ2n) is 4.85. The van der Waals surface area contributed by atoms with Crippen LogP contribution >= 0.6 is 0 Å². The second kappa shape index (κ2) is 9.34. The van der Waals surface area contributed by atoms with E-state index in [0.717, 1.165) is 17.5 Å². The van der Waals surface area contributed by atoms with E-state index in [1.54, 1.807) is 7.11 Å². The average molecular weight is 280 g/mol. The molecule has 0 heterocycles. The first kappa shape index (κ1) is 16.5. The predicted molar refractivity (Wildman–Crippen MR) is 78.3 cm³/mol. The number of carbonyl (C=O) groups excluding carboxylic acids is 1. The molecule has 2 amide bonds. The molecule has 0 bridgehead atoms. The molecule has 0 aliphatic carbocycles. The van der Waals surface area contributed by atoms with Gasteiger partial charge in [-0.15, -0.1) is 0 Å². The van der Waals surface area contributed by atoms with Gasteiger partial charge in [-0.1, -0.05) is 24.3 Å². The van der Waals surface area contributed by atoms with Gasteiger partial charge in [-0.3, -0.25) is 0 Å². The Bertz CT molecular complexity index is 410. The zero-order valence-electron chi connectivity index (χ0n) is 12.2. The maximum Gasteiger partial charge on any atom is 0.315 e. The molecule has 5 nitrogen and oxygen atoms in total. The van der Waals surface area contributed by atoms with Crippen LogP contribution < -0.4 is 10.6 Å². The number of aliphatic hydroxyl groups is 1. The summed E-state index contributed by atoms with van der Waals surface area (Å²) in [6.45, 7) is 3.13. The molecular formula is C15H24N2O3. The van der Waals surface area contributed by atoms with E-state index in [0.29, 0.717) is 19.6 Å². The molecule has 112 valence electrons. The summed E-state index contributed by atoms with van der Waals surface area (Å²) >= 11 is 0. The zero-order valence-corrected chi connectivity index (χ0v) is 12.2. The van der Waals surface area contributed by atoms with Crippen LogP contribution in [0.1, 0.15) is 30.9 Å². The van der Waals surface area contributed by atoms with Crippen molar-refractivity contribution in [1.29, 1.82) is 0 Å². The fourth-order valence-electron chi connectivity index (χ4n) is 1.92. The zero-order chi connectivity index (χ0) is 14.8. The maximum atomic E-state index is 11.7. The van der Waals surface area contributed by atoms with Gasteiger partial charge in [0.25, 0.3) is 0 Å². The fourth-order valence-corrected chi connectivity index (χ4v) is 1.92. The Morgan fingerprint density at radius 2 is 2.15 bits per heavy atom. The van der Waals surface area contributed by atoms with Gasteiger partial charge in [0.2, 0.25) is 0 Å². The molecule has 1 aromatic carbocycles. The molecule has 0 spiro atoms. The van der Waals surface area contributed by atoms with Crippen LogP contribution in [0.2, 0.25) is 0 Å². The molecule has 0 saturated carbocycles. The molecule has 0 aromatic heterocycles. The van der Waals surface area contributed by atoms with Gasteiger partial charge in [-0.25, -0.2) is 4.79 Å².